The summed E-state index contributed by atoms with van der Waals surface area (Å²) in [7, 11) is 0. The largest absolute Gasteiger partial charge is 0.297 e. The summed E-state index contributed by atoms with van der Waals surface area (Å²) in [6, 6.07) is 7.97. The lowest BCUT2D eigenvalue weighted by Gasteiger charge is -2.12. The van der Waals surface area contributed by atoms with E-state index < -0.39 is 0 Å². The van der Waals surface area contributed by atoms with Gasteiger partial charge in [0.15, 0.2) is 4.96 Å². The quantitative estimate of drug-likeness (QED) is 0.532. The van der Waals surface area contributed by atoms with Crippen molar-refractivity contribution in [3.63, 3.8) is 0 Å². The van der Waals surface area contributed by atoms with Gasteiger partial charge in [0.05, 0.1) is 17.4 Å². The Labute approximate surface area is 153 Å². The van der Waals surface area contributed by atoms with Crippen LogP contribution in [0.1, 0.15) is 18.2 Å². The van der Waals surface area contributed by atoms with Crippen molar-refractivity contribution in [2.75, 3.05) is 0 Å². The summed E-state index contributed by atoms with van der Waals surface area (Å²) in [6.07, 6.45) is 3.82. The van der Waals surface area contributed by atoms with E-state index in [4.69, 9.17) is 0 Å². The highest BCUT2D eigenvalue weighted by Gasteiger charge is 2.15. The van der Waals surface area contributed by atoms with Crippen molar-refractivity contribution < 1.29 is 9.59 Å². The number of aryl methyl sites for hydroxylation is 1. The fraction of sp³-hybridized carbons (Fsp3) is 0.235. The number of rotatable bonds is 5. The second-order valence-corrected chi connectivity index (χ2v) is 7.90. The lowest BCUT2D eigenvalue weighted by molar-refractivity contribution is -0.128. The minimum absolute atomic E-state index is 0.119. The second-order valence-electron chi connectivity index (χ2n) is 5.61. The topological polar surface area (TPSA) is 75.5 Å². The lowest BCUT2D eigenvalue weighted by atomic mass is 10.2. The Morgan fingerprint density at radius 3 is 2.76 bits per heavy atom. The molecule has 1 atom stereocenters. The molecule has 2 amide bonds. The maximum atomic E-state index is 12.1. The third-order valence-corrected chi connectivity index (χ3v) is 5.40. The molecule has 0 aliphatic rings. The van der Waals surface area contributed by atoms with Gasteiger partial charge in [-0.3, -0.25) is 24.8 Å². The zero-order valence-electron chi connectivity index (χ0n) is 13.9. The number of fused-ring (bicyclic) bond motifs is 1. The molecule has 0 aliphatic heterocycles. The Morgan fingerprint density at radius 2 is 2.04 bits per heavy atom. The third kappa shape index (κ3) is 4.61. The Kier molecular flexibility index (Phi) is 5.40. The van der Waals surface area contributed by atoms with E-state index in [0.29, 0.717) is 5.69 Å². The van der Waals surface area contributed by atoms with Crippen LogP contribution in [0.15, 0.2) is 46.9 Å². The predicted molar refractivity (Wildman–Crippen MR) is 99.6 cm³/mol. The minimum Gasteiger partial charge on any atom is -0.297 e. The highest BCUT2D eigenvalue weighted by Crippen LogP contribution is 2.23. The Balaban J connectivity index is 1.46. The van der Waals surface area contributed by atoms with Crippen LogP contribution in [0.3, 0.4) is 0 Å². The summed E-state index contributed by atoms with van der Waals surface area (Å²) in [6.45, 7) is 3.82. The average Bonchev–Trinajstić information content (AvgIpc) is 3.16. The molecule has 2 heterocycles. The smallest absolute Gasteiger partial charge is 0.251 e. The number of hydrazine groups is 1. The van der Waals surface area contributed by atoms with Gasteiger partial charge >= 0.3 is 0 Å². The van der Waals surface area contributed by atoms with Crippen molar-refractivity contribution in [1.29, 1.82) is 0 Å². The molecule has 6 nitrogen and oxygen atoms in total. The van der Waals surface area contributed by atoms with E-state index in [1.807, 2.05) is 53.4 Å². The normalized spacial score (nSPS) is 12.1. The molecule has 25 heavy (non-hydrogen) atoms. The molecular formula is C17H18N4O2S2. The van der Waals surface area contributed by atoms with E-state index in [1.165, 1.54) is 28.7 Å². The average molecular weight is 374 g/mol. The van der Waals surface area contributed by atoms with E-state index in [9.17, 15) is 9.59 Å². The molecule has 3 rings (SSSR count). The summed E-state index contributed by atoms with van der Waals surface area (Å²) in [5.41, 5.74) is 6.76. The van der Waals surface area contributed by atoms with Crippen LogP contribution in [-0.2, 0) is 16.0 Å². The molecule has 0 spiro atoms. The molecule has 3 aromatic rings. The van der Waals surface area contributed by atoms with E-state index in [2.05, 4.69) is 15.8 Å². The number of thiazole rings is 1. The molecule has 0 bridgehead atoms. The van der Waals surface area contributed by atoms with Gasteiger partial charge in [-0.05, 0) is 26.0 Å². The maximum Gasteiger partial charge on any atom is 0.251 e. The zero-order chi connectivity index (χ0) is 17.8. The van der Waals surface area contributed by atoms with E-state index in [-0.39, 0.29) is 23.5 Å². The highest BCUT2D eigenvalue weighted by molar-refractivity contribution is 8.00. The number of benzene rings is 1. The fourth-order valence-corrected chi connectivity index (χ4v) is 3.76. The number of carbonyl (C=O) groups is 2. The first-order chi connectivity index (χ1) is 12.0. The molecule has 0 fully saturated rings. The van der Waals surface area contributed by atoms with Gasteiger partial charge in [-0.25, -0.2) is 4.98 Å². The standard InChI is InChI=1S/C17H18N4O2S2/c1-11-3-5-14(6-4-11)25-12(2)16(23)20-19-15(22)9-13-10-21-7-8-24-17(21)18-13/h3-8,10,12H,9H2,1-2H3,(H,19,22)(H,20,23). The summed E-state index contributed by atoms with van der Waals surface area (Å²) in [4.78, 5) is 30.3. The van der Waals surface area contributed by atoms with Gasteiger partial charge in [-0.2, -0.15) is 0 Å². The van der Waals surface area contributed by atoms with Crippen molar-refractivity contribution >= 4 is 39.9 Å². The number of aromatic nitrogens is 2. The minimum atomic E-state index is -0.319. The van der Waals surface area contributed by atoms with Crippen LogP contribution in [-0.4, -0.2) is 26.4 Å². The van der Waals surface area contributed by atoms with Gasteiger partial charge in [0.2, 0.25) is 5.91 Å². The summed E-state index contributed by atoms with van der Waals surface area (Å²) in [5, 5.41) is 1.61. The van der Waals surface area contributed by atoms with Gasteiger partial charge in [0, 0.05) is 22.7 Å². The number of imidazole rings is 1. The van der Waals surface area contributed by atoms with Gasteiger partial charge in [-0.1, -0.05) is 17.7 Å². The van der Waals surface area contributed by atoms with Crippen LogP contribution in [0, 0.1) is 6.92 Å². The molecule has 130 valence electrons. The summed E-state index contributed by atoms with van der Waals surface area (Å²) < 4.78 is 1.87. The third-order valence-electron chi connectivity index (χ3n) is 3.51. The van der Waals surface area contributed by atoms with E-state index in [0.717, 1.165) is 9.86 Å². The fourth-order valence-electron chi connectivity index (χ4n) is 2.18. The highest BCUT2D eigenvalue weighted by atomic mass is 32.2. The Bertz CT molecular complexity index is 857. The van der Waals surface area contributed by atoms with Crippen LogP contribution in [0.4, 0.5) is 0 Å². The molecule has 2 aromatic heterocycles. The molecule has 0 saturated heterocycles. The van der Waals surface area contributed by atoms with E-state index in [1.54, 1.807) is 6.92 Å². The molecule has 1 aromatic carbocycles. The molecule has 8 heteroatoms. The Morgan fingerprint density at radius 1 is 1.28 bits per heavy atom. The summed E-state index contributed by atoms with van der Waals surface area (Å²) >= 11 is 2.95. The molecular weight excluding hydrogens is 356 g/mol. The molecule has 2 N–H and O–H groups in total. The lowest BCUT2D eigenvalue weighted by Crippen LogP contribution is -2.45. The number of hydrogen-bond acceptors (Lipinski definition) is 5. The number of hydrogen-bond donors (Lipinski definition) is 2. The first-order valence-electron chi connectivity index (χ1n) is 7.74. The van der Waals surface area contributed by atoms with Crippen molar-refractivity contribution in [2.45, 2.75) is 30.4 Å². The second kappa shape index (κ2) is 7.71. The van der Waals surface area contributed by atoms with Crippen molar-refractivity contribution in [3.05, 3.63) is 53.3 Å². The maximum absolute atomic E-state index is 12.1. The van der Waals surface area contributed by atoms with Crippen molar-refractivity contribution in [1.82, 2.24) is 20.2 Å². The van der Waals surface area contributed by atoms with Gasteiger partial charge in [0.1, 0.15) is 0 Å². The van der Waals surface area contributed by atoms with Crippen molar-refractivity contribution in [2.24, 2.45) is 0 Å². The molecule has 1 unspecified atom stereocenters. The van der Waals surface area contributed by atoms with Crippen LogP contribution in [0.25, 0.3) is 4.96 Å². The van der Waals surface area contributed by atoms with Gasteiger partial charge < -0.3 is 0 Å². The first-order valence-corrected chi connectivity index (χ1v) is 9.50. The first kappa shape index (κ1) is 17.5. The molecule has 0 saturated carbocycles. The summed E-state index contributed by atoms with van der Waals surface area (Å²) in [5.74, 6) is -0.545. The van der Waals surface area contributed by atoms with E-state index >= 15 is 0 Å². The van der Waals surface area contributed by atoms with Crippen LogP contribution in [0.2, 0.25) is 0 Å². The van der Waals surface area contributed by atoms with Crippen LogP contribution in [0.5, 0.6) is 0 Å². The number of amides is 2. The predicted octanol–water partition coefficient (Wildman–Crippen LogP) is 2.57. The number of thioether (sulfide) groups is 1. The van der Waals surface area contributed by atoms with Gasteiger partial charge in [-0.15, -0.1) is 23.1 Å². The monoisotopic (exact) mass is 374 g/mol. The zero-order valence-corrected chi connectivity index (χ0v) is 15.5. The van der Waals surface area contributed by atoms with Crippen LogP contribution >= 0.6 is 23.1 Å². The Hall–Kier alpha value is -2.32. The van der Waals surface area contributed by atoms with Crippen LogP contribution < -0.4 is 10.9 Å². The van der Waals surface area contributed by atoms with Crippen molar-refractivity contribution in [3.8, 4) is 0 Å². The van der Waals surface area contributed by atoms with Gasteiger partial charge in [0.25, 0.3) is 5.91 Å². The molecule has 0 radical (unpaired) electrons. The number of carbonyl (C=O) groups excluding carboxylic acids is 2. The number of nitrogens with one attached hydrogen (secondary N) is 2. The SMILES string of the molecule is Cc1ccc(SC(C)C(=O)NNC(=O)Cc2cn3ccsc3n2)cc1. The number of nitrogens with zero attached hydrogens (tertiary/aromatic N) is 2. The molecule has 0 aliphatic carbocycles.